The fraction of sp³-hybridized carbons (Fsp3) is 0.500. The van der Waals surface area contributed by atoms with E-state index in [9.17, 15) is 10.1 Å². The highest BCUT2D eigenvalue weighted by Crippen LogP contribution is 2.30. The number of hydrazone groups is 1. The normalized spacial score (nSPS) is 23.7. The third-order valence-corrected chi connectivity index (χ3v) is 5.37. The largest absolute Gasteiger partial charge is 0.375 e. The van der Waals surface area contributed by atoms with Crippen molar-refractivity contribution in [3.63, 3.8) is 0 Å². The predicted octanol–water partition coefficient (Wildman–Crippen LogP) is 3.94. The van der Waals surface area contributed by atoms with Crippen LogP contribution < -0.4 is 0 Å². The van der Waals surface area contributed by atoms with Gasteiger partial charge in [-0.3, -0.25) is 0 Å². The Labute approximate surface area is 168 Å². The van der Waals surface area contributed by atoms with E-state index in [1.807, 2.05) is 4.90 Å². The molecule has 1 unspecified atom stereocenters. The summed E-state index contributed by atoms with van der Waals surface area (Å²) in [5.41, 5.74) is 0.524. The average molecular weight is 413 g/mol. The molecule has 0 saturated carbocycles. The van der Waals surface area contributed by atoms with E-state index in [0.717, 1.165) is 6.42 Å². The van der Waals surface area contributed by atoms with Crippen molar-refractivity contribution in [2.24, 2.45) is 11.0 Å². The van der Waals surface area contributed by atoms with Gasteiger partial charge < -0.3 is 14.5 Å². The van der Waals surface area contributed by atoms with E-state index in [2.05, 4.69) is 18.9 Å². The molecule has 0 aromatic heterocycles. The van der Waals surface area contributed by atoms with Crippen LogP contribution in [0.15, 0.2) is 29.5 Å². The summed E-state index contributed by atoms with van der Waals surface area (Å²) in [5, 5.41) is 15.0. The maximum Gasteiger partial charge on any atom is 0.278 e. The molecule has 0 radical (unpaired) electrons. The van der Waals surface area contributed by atoms with Crippen LogP contribution in [-0.2, 0) is 4.74 Å². The number of nitro groups is 1. The zero-order valence-corrected chi connectivity index (χ0v) is 16.8. The van der Waals surface area contributed by atoms with Crippen LogP contribution in [0.25, 0.3) is 6.08 Å². The van der Waals surface area contributed by atoms with Crippen molar-refractivity contribution in [3.8, 4) is 0 Å². The first kappa shape index (κ1) is 19.9. The quantitative estimate of drug-likeness (QED) is 0.540. The van der Waals surface area contributed by atoms with E-state index in [1.165, 1.54) is 0 Å². The molecule has 7 nitrogen and oxygen atoms in total. The molecular weight excluding hydrogens is 391 g/mol. The highest BCUT2D eigenvalue weighted by molar-refractivity contribution is 6.37. The summed E-state index contributed by atoms with van der Waals surface area (Å²) in [5.74, 6) is 0.642. The SMILES string of the molecule is CC1(C)CC(CN2CCN(C=Cc3c(Cl)cccc3Cl)C2=N[N+](=O)[O-])CO1. The first-order chi connectivity index (χ1) is 12.7. The van der Waals surface area contributed by atoms with Crippen LogP contribution in [0, 0.1) is 16.0 Å². The van der Waals surface area contributed by atoms with Gasteiger partial charge in [0.15, 0.2) is 5.03 Å². The molecule has 27 heavy (non-hydrogen) atoms. The van der Waals surface area contributed by atoms with Crippen molar-refractivity contribution in [1.82, 2.24) is 9.80 Å². The van der Waals surface area contributed by atoms with E-state index in [4.69, 9.17) is 27.9 Å². The van der Waals surface area contributed by atoms with E-state index in [-0.39, 0.29) is 5.60 Å². The van der Waals surface area contributed by atoms with Crippen LogP contribution in [0.2, 0.25) is 10.0 Å². The number of halogens is 2. The molecule has 146 valence electrons. The molecule has 9 heteroatoms. The third-order valence-electron chi connectivity index (χ3n) is 4.71. The fourth-order valence-electron chi connectivity index (χ4n) is 3.54. The Morgan fingerprint density at radius 3 is 2.67 bits per heavy atom. The Balaban J connectivity index is 1.76. The van der Waals surface area contributed by atoms with E-state index < -0.39 is 5.03 Å². The van der Waals surface area contributed by atoms with E-state index >= 15 is 0 Å². The molecule has 1 atom stereocenters. The molecule has 0 amide bonds. The van der Waals surface area contributed by atoms with Crippen LogP contribution in [0.1, 0.15) is 25.8 Å². The zero-order valence-electron chi connectivity index (χ0n) is 15.3. The second kappa shape index (κ2) is 8.04. The number of ether oxygens (including phenoxy) is 1. The monoisotopic (exact) mass is 412 g/mol. The van der Waals surface area contributed by atoms with E-state index in [1.54, 1.807) is 35.4 Å². The second-order valence-electron chi connectivity index (χ2n) is 7.37. The first-order valence-electron chi connectivity index (χ1n) is 8.76. The van der Waals surface area contributed by atoms with Crippen molar-refractivity contribution < 1.29 is 9.77 Å². The lowest BCUT2D eigenvalue weighted by atomic mass is 9.97. The number of hydrogen-bond donors (Lipinski definition) is 0. The molecule has 2 aliphatic heterocycles. The summed E-state index contributed by atoms with van der Waals surface area (Å²) < 4.78 is 5.78. The molecule has 0 bridgehead atoms. The Morgan fingerprint density at radius 2 is 2.07 bits per heavy atom. The molecule has 2 heterocycles. The summed E-state index contributed by atoms with van der Waals surface area (Å²) >= 11 is 12.4. The van der Waals surface area contributed by atoms with E-state index in [0.29, 0.717) is 53.7 Å². The Morgan fingerprint density at radius 1 is 1.37 bits per heavy atom. The Hall–Kier alpha value is -1.83. The van der Waals surface area contributed by atoms with Gasteiger partial charge in [0.1, 0.15) is 5.10 Å². The van der Waals surface area contributed by atoms with Crippen molar-refractivity contribution in [2.45, 2.75) is 25.9 Å². The van der Waals surface area contributed by atoms with Gasteiger partial charge in [-0.25, -0.2) is 10.1 Å². The van der Waals surface area contributed by atoms with Crippen LogP contribution in [0.5, 0.6) is 0 Å². The minimum atomic E-state index is -0.661. The molecule has 2 aliphatic rings. The van der Waals surface area contributed by atoms with Crippen molar-refractivity contribution in [1.29, 1.82) is 0 Å². The molecule has 1 aromatic rings. The predicted molar refractivity (Wildman–Crippen MR) is 106 cm³/mol. The highest BCUT2D eigenvalue weighted by Gasteiger charge is 2.36. The Kier molecular flexibility index (Phi) is 5.93. The molecule has 0 N–H and O–H groups in total. The molecule has 3 rings (SSSR count). The molecule has 2 saturated heterocycles. The van der Waals surface area contributed by atoms with Gasteiger partial charge in [0, 0.05) is 47.4 Å². The van der Waals surface area contributed by atoms with Crippen molar-refractivity contribution >= 4 is 35.2 Å². The molecule has 0 spiro atoms. The minimum Gasteiger partial charge on any atom is -0.375 e. The summed E-state index contributed by atoms with van der Waals surface area (Å²) in [6.45, 7) is 6.71. The number of nitrogens with zero attached hydrogens (tertiary/aromatic N) is 4. The first-order valence-corrected chi connectivity index (χ1v) is 9.51. The van der Waals surface area contributed by atoms with Gasteiger partial charge in [0.25, 0.3) is 5.96 Å². The molecule has 0 aliphatic carbocycles. The topological polar surface area (TPSA) is 71.2 Å². The maximum atomic E-state index is 11.0. The second-order valence-corrected chi connectivity index (χ2v) is 8.18. The van der Waals surface area contributed by atoms with Gasteiger partial charge in [-0.05, 0) is 38.5 Å². The molecule has 2 fully saturated rings. The fourth-order valence-corrected chi connectivity index (χ4v) is 4.06. The number of benzene rings is 1. The van der Waals surface area contributed by atoms with Crippen LogP contribution in [-0.4, -0.2) is 52.6 Å². The van der Waals surface area contributed by atoms with Gasteiger partial charge in [0.05, 0.1) is 12.2 Å². The average Bonchev–Trinajstić information content (AvgIpc) is 3.10. The summed E-state index contributed by atoms with van der Waals surface area (Å²) in [6.07, 6.45) is 4.41. The number of hydrogen-bond acceptors (Lipinski definition) is 3. The van der Waals surface area contributed by atoms with Gasteiger partial charge in [-0.1, -0.05) is 29.3 Å². The maximum absolute atomic E-state index is 11.0. The van der Waals surface area contributed by atoms with Gasteiger partial charge in [-0.2, -0.15) is 0 Å². The summed E-state index contributed by atoms with van der Waals surface area (Å²) in [7, 11) is 0. The molecule has 1 aromatic carbocycles. The number of rotatable bonds is 5. The number of guanidine groups is 1. The molecular formula is C18H22Cl2N4O3. The summed E-state index contributed by atoms with van der Waals surface area (Å²) in [6, 6.07) is 5.26. The lowest BCUT2D eigenvalue weighted by Crippen LogP contribution is -2.35. The van der Waals surface area contributed by atoms with Crippen LogP contribution in [0.3, 0.4) is 0 Å². The van der Waals surface area contributed by atoms with Crippen molar-refractivity contribution in [3.05, 3.63) is 50.1 Å². The Bertz CT molecular complexity index is 762. The third kappa shape index (κ3) is 4.91. The highest BCUT2D eigenvalue weighted by atomic mass is 35.5. The van der Waals surface area contributed by atoms with Gasteiger partial charge in [0.2, 0.25) is 0 Å². The van der Waals surface area contributed by atoms with Crippen LogP contribution >= 0.6 is 23.2 Å². The standard InChI is InChI=1S/C18H22Cl2N4O3/c1-18(2)10-13(12-27-18)11-23-9-8-22(17(23)21-24(25)26)7-6-14-15(19)4-3-5-16(14)20/h3-7,13H,8-12H2,1-2H3. The van der Waals surface area contributed by atoms with Crippen LogP contribution in [0.4, 0.5) is 0 Å². The summed E-state index contributed by atoms with van der Waals surface area (Å²) in [4.78, 5) is 14.7. The lowest BCUT2D eigenvalue weighted by molar-refractivity contribution is -0.486. The zero-order chi connectivity index (χ0) is 19.6. The van der Waals surface area contributed by atoms with Gasteiger partial charge in [-0.15, -0.1) is 0 Å². The lowest BCUT2D eigenvalue weighted by Gasteiger charge is -2.22. The smallest absolute Gasteiger partial charge is 0.278 e. The van der Waals surface area contributed by atoms with Gasteiger partial charge >= 0.3 is 0 Å². The van der Waals surface area contributed by atoms with Crippen molar-refractivity contribution in [2.75, 3.05) is 26.2 Å². The minimum absolute atomic E-state index is 0.148.